The van der Waals surface area contributed by atoms with Crippen LogP contribution in [-0.4, -0.2) is 52.9 Å². The number of unbranched alkanes of at least 4 members (excludes halogenated alkanes) is 1. The maximum Gasteiger partial charge on any atom is 0.328 e. The number of aliphatic hydroxyl groups is 1. The smallest absolute Gasteiger partial charge is 0.328 e. The van der Waals surface area contributed by atoms with Crippen molar-refractivity contribution in [3.05, 3.63) is 12.7 Å². The normalized spacial score (nSPS) is 13.6. The van der Waals surface area contributed by atoms with Crippen LogP contribution in [0.25, 0.3) is 0 Å². The summed E-state index contributed by atoms with van der Waals surface area (Å²) in [6, 6.07) is -1.80. The van der Waals surface area contributed by atoms with E-state index in [0.717, 1.165) is 12.8 Å². The van der Waals surface area contributed by atoms with E-state index in [1.54, 1.807) is 13.1 Å². The highest BCUT2D eigenvalue weighted by molar-refractivity contribution is 5.82. The lowest BCUT2D eigenvalue weighted by Crippen LogP contribution is -2.51. The highest BCUT2D eigenvalue weighted by Gasteiger charge is 2.25. The van der Waals surface area contributed by atoms with Gasteiger partial charge in [0, 0.05) is 13.6 Å². The third-order valence-electron chi connectivity index (χ3n) is 2.28. The number of rotatable bonds is 7. The minimum Gasteiger partial charge on any atom is -0.480 e. The summed E-state index contributed by atoms with van der Waals surface area (Å²) in [6.45, 7) is 5.39. The molecule has 0 radical (unpaired) electrons. The van der Waals surface area contributed by atoms with Gasteiger partial charge in [0.05, 0.1) is 6.10 Å². The number of nitrogens with one attached hydrogen (secondary N) is 1. The molecule has 2 amide bonds. The SMILES string of the molecule is C=CCCCN(C)C(=O)N[C@H](C(=O)O)[C@@H](C)O. The summed E-state index contributed by atoms with van der Waals surface area (Å²) in [6.07, 6.45) is 2.16. The lowest BCUT2D eigenvalue weighted by atomic mass is 10.2. The molecule has 0 bridgehead atoms. The summed E-state index contributed by atoms with van der Waals surface area (Å²) in [7, 11) is 1.57. The molecule has 0 aromatic heterocycles. The Morgan fingerprint density at radius 3 is 2.53 bits per heavy atom. The molecule has 17 heavy (non-hydrogen) atoms. The monoisotopic (exact) mass is 244 g/mol. The van der Waals surface area contributed by atoms with E-state index >= 15 is 0 Å². The number of amides is 2. The molecule has 0 aromatic rings. The molecule has 0 aromatic carbocycles. The number of carbonyl (C=O) groups excluding carboxylic acids is 1. The number of aliphatic carboxylic acids is 1. The van der Waals surface area contributed by atoms with E-state index in [4.69, 9.17) is 5.11 Å². The molecule has 3 N–H and O–H groups in total. The van der Waals surface area contributed by atoms with Crippen LogP contribution in [0.1, 0.15) is 19.8 Å². The zero-order chi connectivity index (χ0) is 13.4. The van der Waals surface area contributed by atoms with Crippen LogP contribution in [0.15, 0.2) is 12.7 Å². The van der Waals surface area contributed by atoms with Crippen molar-refractivity contribution >= 4 is 12.0 Å². The molecule has 6 nitrogen and oxygen atoms in total. The quantitative estimate of drug-likeness (QED) is 0.447. The van der Waals surface area contributed by atoms with Crippen molar-refractivity contribution in [3.8, 4) is 0 Å². The van der Waals surface area contributed by atoms with E-state index in [1.807, 2.05) is 0 Å². The highest BCUT2D eigenvalue weighted by Crippen LogP contribution is 1.98. The Hall–Kier alpha value is -1.56. The van der Waals surface area contributed by atoms with Crippen LogP contribution in [-0.2, 0) is 4.79 Å². The predicted octanol–water partition coefficient (Wildman–Crippen LogP) is 0.428. The fourth-order valence-corrected chi connectivity index (χ4v) is 1.21. The summed E-state index contributed by atoms with van der Waals surface area (Å²) in [4.78, 5) is 23.7. The molecule has 0 spiro atoms. The zero-order valence-corrected chi connectivity index (χ0v) is 10.2. The number of allylic oxidation sites excluding steroid dienone is 1. The van der Waals surface area contributed by atoms with Crippen molar-refractivity contribution < 1.29 is 19.8 Å². The van der Waals surface area contributed by atoms with Crippen LogP contribution in [0, 0.1) is 0 Å². The number of hydrogen-bond donors (Lipinski definition) is 3. The van der Waals surface area contributed by atoms with E-state index in [0.29, 0.717) is 6.54 Å². The Balaban J connectivity index is 4.21. The van der Waals surface area contributed by atoms with Crippen molar-refractivity contribution in [3.63, 3.8) is 0 Å². The molecule has 98 valence electrons. The molecule has 0 saturated heterocycles. The largest absolute Gasteiger partial charge is 0.480 e. The van der Waals surface area contributed by atoms with Gasteiger partial charge in [0.2, 0.25) is 0 Å². The predicted molar refractivity (Wildman–Crippen MR) is 63.7 cm³/mol. The fraction of sp³-hybridized carbons (Fsp3) is 0.636. The molecule has 0 saturated carbocycles. The summed E-state index contributed by atoms with van der Waals surface area (Å²) < 4.78 is 0. The molecule has 0 aliphatic heterocycles. The summed E-state index contributed by atoms with van der Waals surface area (Å²) in [5.41, 5.74) is 0. The number of hydrogen-bond acceptors (Lipinski definition) is 3. The van der Waals surface area contributed by atoms with E-state index in [2.05, 4.69) is 11.9 Å². The number of nitrogens with zero attached hydrogens (tertiary/aromatic N) is 1. The first kappa shape index (κ1) is 15.4. The van der Waals surface area contributed by atoms with Gasteiger partial charge in [-0.05, 0) is 19.8 Å². The first-order valence-electron chi connectivity index (χ1n) is 5.43. The maximum atomic E-state index is 11.6. The van der Waals surface area contributed by atoms with Gasteiger partial charge in [0.15, 0.2) is 6.04 Å². The maximum absolute atomic E-state index is 11.6. The van der Waals surface area contributed by atoms with Crippen molar-refractivity contribution in [2.24, 2.45) is 0 Å². The molecule has 0 rings (SSSR count). The molecule has 0 fully saturated rings. The van der Waals surface area contributed by atoms with Gasteiger partial charge >= 0.3 is 12.0 Å². The lowest BCUT2D eigenvalue weighted by molar-refractivity contribution is -0.141. The Bertz CT molecular complexity index is 279. The third-order valence-corrected chi connectivity index (χ3v) is 2.28. The molecule has 2 atom stereocenters. The number of carboxylic acid groups (broad SMARTS) is 1. The standard InChI is InChI=1S/C11H20N2O4/c1-4-5-6-7-13(3)11(17)12-9(8(2)14)10(15)16/h4,8-9,14H,1,5-7H2,2-3H3,(H,12,17)(H,15,16)/t8-,9+/m1/s1. The fourth-order valence-electron chi connectivity index (χ4n) is 1.21. The first-order chi connectivity index (χ1) is 7.90. The molecule has 0 heterocycles. The minimum absolute atomic E-state index is 0.504. The second-order valence-corrected chi connectivity index (χ2v) is 3.86. The van der Waals surface area contributed by atoms with Gasteiger partial charge in [0.1, 0.15) is 0 Å². The van der Waals surface area contributed by atoms with E-state index in [1.165, 1.54) is 11.8 Å². The first-order valence-corrected chi connectivity index (χ1v) is 5.43. The highest BCUT2D eigenvalue weighted by atomic mass is 16.4. The van der Waals surface area contributed by atoms with Crippen LogP contribution >= 0.6 is 0 Å². The number of carboxylic acids is 1. The van der Waals surface area contributed by atoms with Gasteiger partial charge in [-0.25, -0.2) is 9.59 Å². The Morgan fingerprint density at radius 1 is 1.53 bits per heavy atom. The van der Waals surface area contributed by atoms with Crippen LogP contribution in [0.2, 0.25) is 0 Å². The number of carbonyl (C=O) groups is 2. The molecule has 0 aliphatic carbocycles. The molecule has 0 unspecified atom stereocenters. The topological polar surface area (TPSA) is 89.9 Å². The van der Waals surface area contributed by atoms with Crippen LogP contribution in [0.5, 0.6) is 0 Å². The van der Waals surface area contributed by atoms with Crippen LogP contribution in [0.3, 0.4) is 0 Å². The van der Waals surface area contributed by atoms with Crippen molar-refractivity contribution in [2.45, 2.75) is 31.9 Å². The average molecular weight is 244 g/mol. The summed E-state index contributed by atoms with van der Waals surface area (Å²) in [5, 5.41) is 20.2. The average Bonchev–Trinajstić information content (AvgIpc) is 2.24. The molecular weight excluding hydrogens is 224 g/mol. The molecule has 6 heteroatoms. The van der Waals surface area contributed by atoms with E-state index in [9.17, 15) is 14.7 Å². The van der Waals surface area contributed by atoms with Gasteiger partial charge in [-0.15, -0.1) is 6.58 Å². The van der Waals surface area contributed by atoms with Crippen LogP contribution in [0.4, 0.5) is 4.79 Å². The van der Waals surface area contributed by atoms with Crippen molar-refractivity contribution in [1.82, 2.24) is 10.2 Å². The second kappa shape index (κ2) is 7.67. The molecule has 0 aliphatic rings. The third kappa shape index (κ3) is 5.91. The van der Waals surface area contributed by atoms with Gasteiger partial charge < -0.3 is 20.4 Å². The van der Waals surface area contributed by atoms with Gasteiger partial charge in [-0.3, -0.25) is 0 Å². The van der Waals surface area contributed by atoms with Crippen molar-refractivity contribution in [2.75, 3.05) is 13.6 Å². The molecular formula is C11H20N2O4. The van der Waals surface area contributed by atoms with Gasteiger partial charge in [-0.1, -0.05) is 6.08 Å². The number of aliphatic hydroxyl groups excluding tert-OH is 1. The van der Waals surface area contributed by atoms with Gasteiger partial charge in [0.25, 0.3) is 0 Å². The zero-order valence-electron chi connectivity index (χ0n) is 10.2. The summed E-state index contributed by atoms with van der Waals surface area (Å²) in [5.74, 6) is -1.26. The minimum atomic E-state index is -1.29. The Morgan fingerprint density at radius 2 is 2.12 bits per heavy atom. The Kier molecular flexibility index (Phi) is 6.97. The summed E-state index contributed by atoms with van der Waals surface area (Å²) >= 11 is 0. The van der Waals surface area contributed by atoms with E-state index < -0.39 is 24.1 Å². The second-order valence-electron chi connectivity index (χ2n) is 3.86. The van der Waals surface area contributed by atoms with E-state index in [-0.39, 0.29) is 0 Å². The van der Waals surface area contributed by atoms with Crippen LogP contribution < -0.4 is 5.32 Å². The Labute approximate surface area is 101 Å². The van der Waals surface area contributed by atoms with Gasteiger partial charge in [-0.2, -0.15) is 0 Å². The van der Waals surface area contributed by atoms with Crippen molar-refractivity contribution in [1.29, 1.82) is 0 Å². The number of urea groups is 1. The lowest BCUT2D eigenvalue weighted by Gasteiger charge is -2.22.